The lowest BCUT2D eigenvalue weighted by Gasteiger charge is -2.23. The van der Waals surface area contributed by atoms with Gasteiger partial charge in [0, 0.05) is 26.1 Å². The smallest absolute Gasteiger partial charge is 0.0963 e. The summed E-state index contributed by atoms with van der Waals surface area (Å²) in [4.78, 5) is 4.48. The number of amidine groups is 1. The van der Waals surface area contributed by atoms with Gasteiger partial charge in [-0.1, -0.05) is 0 Å². The van der Waals surface area contributed by atoms with Crippen molar-refractivity contribution in [1.82, 2.24) is 5.32 Å². The minimum Gasteiger partial charge on any atom is -0.381 e. The van der Waals surface area contributed by atoms with Gasteiger partial charge < -0.3 is 10.1 Å². The van der Waals surface area contributed by atoms with Gasteiger partial charge in [0.05, 0.1) is 12.4 Å². The van der Waals surface area contributed by atoms with Gasteiger partial charge in [-0.2, -0.15) is 0 Å². The standard InChI is InChI=1S/C11H20N2O/c1-2-6-12-11(5-1)13-8-10-4-3-7-14-9-10/h10H,1-9H2,(H,12,13). The molecule has 0 spiro atoms. The molecule has 0 aromatic heterocycles. The summed E-state index contributed by atoms with van der Waals surface area (Å²) >= 11 is 0. The molecule has 1 atom stereocenters. The Kier molecular flexibility index (Phi) is 3.80. The molecular weight excluding hydrogens is 176 g/mol. The number of hydrogen-bond donors (Lipinski definition) is 1. The van der Waals surface area contributed by atoms with Crippen molar-refractivity contribution in [3.8, 4) is 0 Å². The molecule has 0 aromatic carbocycles. The molecule has 0 amide bonds. The summed E-state index contributed by atoms with van der Waals surface area (Å²) in [5, 5.41) is 3.46. The van der Waals surface area contributed by atoms with Gasteiger partial charge in [0.25, 0.3) is 0 Å². The van der Waals surface area contributed by atoms with Gasteiger partial charge in [-0.25, -0.2) is 0 Å². The topological polar surface area (TPSA) is 33.6 Å². The van der Waals surface area contributed by atoms with Crippen molar-refractivity contribution in [2.24, 2.45) is 10.9 Å². The quantitative estimate of drug-likeness (QED) is 0.727. The summed E-state index contributed by atoms with van der Waals surface area (Å²) in [6.07, 6.45) is 6.23. The molecule has 1 N–H and O–H groups in total. The Morgan fingerprint density at radius 1 is 1.36 bits per heavy atom. The Morgan fingerprint density at radius 2 is 2.36 bits per heavy atom. The second kappa shape index (κ2) is 5.35. The average molecular weight is 196 g/mol. The Hall–Kier alpha value is -0.570. The molecule has 14 heavy (non-hydrogen) atoms. The maximum Gasteiger partial charge on any atom is 0.0963 e. The first-order valence-electron chi connectivity index (χ1n) is 5.80. The third-order valence-corrected chi connectivity index (χ3v) is 2.97. The monoisotopic (exact) mass is 196 g/mol. The lowest BCUT2D eigenvalue weighted by atomic mass is 10.0. The fourth-order valence-corrected chi connectivity index (χ4v) is 2.07. The molecule has 1 fully saturated rings. The van der Waals surface area contributed by atoms with E-state index in [1.165, 1.54) is 31.5 Å². The number of rotatable bonds is 2. The number of nitrogens with one attached hydrogen (secondary N) is 1. The second-order valence-corrected chi connectivity index (χ2v) is 4.25. The van der Waals surface area contributed by atoms with Crippen LogP contribution in [0.1, 0.15) is 32.1 Å². The number of nitrogens with zero attached hydrogens (tertiary/aromatic N) is 1. The lowest BCUT2D eigenvalue weighted by Crippen LogP contribution is -2.34. The van der Waals surface area contributed by atoms with Gasteiger partial charge in [0.2, 0.25) is 0 Å². The van der Waals surface area contributed by atoms with E-state index in [0.29, 0.717) is 5.92 Å². The van der Waals surface area contributed by atoms with Crippen molar-refractivity contribution < 1.29 is 4.74 Å². The van der Waals surface area contributed by atoms with Gasteiger partial charge in [-0.3, -0.25) is 4.99 Å². The molecule has 2 rings (SSSR count). The fourth-order valence-electron chi connectivity index (χ4n) is 2.07. The van der Waals surface area contributed by atoms with E-state index in [1.54, 1.807) is 0 Å². The summed E-state index contributed by atoms with van der Waals surface area (Å²) < 4.78 is 5.44. The van der Waals surface area contributed by atoms with Crippen LogP contribution in [0, 0.1) is 5.92 Å². The van der Waals surface area contributed by atoms with Gasteiger partial charge in [-0.15, -0.1) is 0 Å². The van der Waals surface area contributed by atoms with E-state index in [1.807, 2.05) is 0 Å². The minimum absolute atomic E-state index is 0.702. The Bertz CT molecular complexity index is 197. The van der Waals surface area contributed by atoms with Crippen molar-refractivity contribution in [2.45, 2.75) is 32.1 Å². The van der Waals surface area contributed by atoms with Crippen molar-refractivity contribution >= 4 is 5.84 Å². The predicted molar refractivity (Wildman–Crippen MR) is 57.7 cm³/mol. The average Bonchev–Trinajstić information content (AvgIpc) is 2.29. The Morgan fingerprint density at radius 3 is 3.07 bits per heavy atom. The molecule has 2 heterocycles. The second-order valence-electron chi connectivity index (χ2n) is 4.25. The first kappa shape index (κ1) is 9.97. The zero-order valence-corrected chi connectivity index (χ0v) is 8.80. The molecule has 0 saturated carbocycles. The third kappa shape index (κ3) is 2.98. The molecule has 0 aromatic rings. The highest BCUT2D eigenvalue weighted by molar-refractivity contribution is 5.82. The van der Waals surface area contributed by atoms with E-state index in [0.717, 1.165) is 32.7 Å². The molecule has 2 aliphatic heterocycles. The molecule has 0 bridgehead atoms. The van der Waals surface area contributed by atoms with Crippen molar-refractivity contribution in [1.29, 1.82) is 0 Å². The largest absolute Gasteiger partial charge is 0.381 e. The first-order valence-corrected chi connectivity index (χ1v) is 5.80. The van der Waals surface area contributed by atoms with E-state index in [-0.39, 0.29) is 0 Å². The van der Waals surface area contributed by atoms with E-state index >= 15 is 0 Å². The maximum atomic E-state index is 5.44. The first-order chi connectivity index (χ1) is 6.95. The molecule has 1 saturated heterocycles. The fraction of sp³-hybridized carbons (Fsp3) is 0.909. The SMILES string of the molecule is C1CCC(NCC2CCCOC2)=NC1. The van der Waals surface area contributed by atoms with Crippen molar-refractivity contribution in [3.05, 3.63) is 0 Å². The van der Waals surface area contributed by atoms with E-state index < -0.39 is 0 Å². The maximum absolute atomic E-state index is 5.44. The van der Waals surface area contributed by atoms with E-state index in [2.05, 4.69) is 10.3 Å². The summed E-state index contributed by atoms with van der Waals surface area (Å²) in [7, 11) is 0. The molecule has 3 nitrogen and oxygen atoms in total. The minimum atomic E-state index is 0.702. The van der Waals surface area contributed by atoms with Crippen molar-refractivity contribution in [2.75, 3.05) is 26.3 Å². The van der Waals surface area contributed by atoms with Crippen LogP contribution in [0.25, 0.3) is 0 Å². The van der Waals surface area contributed by atoms with Crippen LogP contribution in [0.3, 0.4) is 0 Å². The van der Waals surface area contributed by atoms with Gasteiger partial charge in [0.15, 0.2) is 0 Å². The van der Waals surface area contributed by atoms with Gasteiger partial charge in [-0.05, 0) is 31.6 Å². The van der Waals surface area contributed by atoms with Crippen LogP contribution in [0.4, 0.5) is 0 Å². The molecule has 2 aliphatic rings. The van der Waals surface area contributed by atoms with Crippen LogP contribution in [-0.4, -0.2) is 32.1 Å². The van der Waals surface area contributed by atoms with Crippen LogP contribution in [0.5, 0.6) is 0 Å². The van der Waals surface area contributed by atoms with Crippen LogP contribution in [-0.2, 0) is 4.74 Å². The van der Waals surface area contributed by atoms with Gasteiger partial charge >= 0.3 is 0 Å². The van der Waals surface area contributed by atoms with E-state index in [4.69, 9.17) is 4.74 Å². The highest BCUT2D eigenvalue weighted by atomic mass is 16.5. The highest BCUT2D eigenvalue weighted by Crippen LogP contribution is 2.12. The van der Waals surface area contributed by atoms with Crippen LogP contribution < -0.4 is 5.32 Å². The summed E-state index contributed by atoms with van der Waals surface area (Å²) in [5.41, 5.74) is 0. The lowest BCUT2D eigenvalue weighted by molar-refractivity contribution is 0.0564. The predicted octanol–water partition coefficient (Wildman–Crippen LogP) is 1.58. The molecule has 0 radical (unpaired) electrons. The summed E-state index contributed by atoms with van der Waals surface area (Å²) in [6.45, 7) is 3.96. The van der Waals surface area contributed by atoms with Gasteiger partial charge in [0.1, 0.15) is 0 Å². The normalized spacial score (nSPS) is 28.3. The molecule has 80 valence electrons. The molecule has 3 heteroatoms. The number of aliphatic imine (C=N–C) groups is 1. The summed E-state index contributed by atoms with van der Waals surface area (Å²) in [5.74, 6) is 1.93. The molecule has 0 aliphatic carbocycles. The van der Waals surface area contributed by atoms with Crippen molar-refractivity contribution in [3.63, 3.8) is 0 Å². The Balaban J connectivity index is 1.67. The summed E-state index contributed by atoms with van der Waals surface area (Å²) in [6, 6.07) is 0. The molecular formula is C11H20N2O. The zero-order valence-electron chi connectivity index (χ0n) is 8.80. The van der Waals surface area contributed by atoms with Crippen LogP contribution in [0.2, 0.25) is 0 Å². The Labute approximate surface area is 85.9 Å². The number of ether oxygens (including phenoxy) is 1. The molecule has 1 unspecified atom stereocenters. The highest BCUT2D eigenvalue weighted by Gasteiger charge is 2.14. The van der Waals surface area contributed by atoms with Crippen LogP contribution >= 0.6 is 0 Å². The number of hydrogen-bond acceptors (Lipinski definition) is 3. The zero-order chi connectivity index (χ0) is 9.64. The third-order valence-electron chi connectivity index (χ3n) is 2.97. The van der Waals surface area contributed by atoms with E-state index in [9.17, 15) is 0 Å². The van der Waals surface area contributed by atoms with Crippen LogP contribution in [0.15, 0.2) is 4.99 Å².